The molecular weight excluding hydrogens is 332 g/mol. The number of nitrogens with zero attached hydrogens (tertiary/aromatic N) is 2. The largest absolute Gasteiger partial charge is 0.480 e. The molecule has 0 bridgehead atoms. The second-order valence-corrected chi connectivity index (χ2v) is 6.19. The topological polar surface area (TPSA) is 101 Å². The van der Waals surface area contributed by atoms with Gasteiger partial charge in [0.25, 0.3) is 5.69 Å². The average molecular weight is 345 g/mol. The fourth-order valence-corrected chi connectivity index (χ4v) is 3.36. The molecule has 1 heterocycles. The molecule has 1 aliphatic rings. The minimum atomic E-state index is -1.02. The number of carbonyl (C=O) groups excluding carboxylic acids is 1. The number of rotatable bonds is 5. The molecule has 1 N–H and O–H groups in total. The number of hydrogen-bond acceptors (Lipinski definition) is 5. The first-order chi connectivity index (χ1) is 10.4. The number of likely N-dealkylation sites (tertiary alicyclic amines) is 1. The zero-order valence-electron chi connectivity index (χ0n) is 11.4. The number of halogens is 1. The second kappa shape index (κ2) is 6.97. The first-order valence-electron chi connectivity index (χ1n) is 6.49. The van der Waals surface area contributed by atoms with Gasteiger partial charge in [0.05, 0.1) is 15.6 Å². The van der Waals surface area contributed by atoms with Crippen LogP contribution in [0.5, 0.6) is 0 Å². The molecule has 1 atom stereocenters. The Morgan fingerprint density at radius 1 is 1.50 bits per heavy atom. The van der Waals surface area contributed by atoms with E-state index in [0.717, 1.165) is 11.8 Å². The van der Waals surface area contributed by atoms with E-state index in [-0.39, 0.29) is 22.4 Å². The third kappa shape index (κ3) is 3.69. The van der Waals surface area contributed by atoms with Crippen molar-refractivity contribution in [2.24, 2.45) is 0 Å². The second-order valence-electron chi connectivity index (χ2n) is 4.74. The Bertz CT molecular complexity index is 624. The first kappa shape index (κ1) is 16.6. The average Bonchev–Trinajstić information content (AvgIpc) is 2.95. The monoisotopic (exact) mass is 344 g/mol. The molecule has 1 aromatic carbocycles. The Morgan fingerprint density at radius 3 is 2.86 bits per heavy atom. The lowest BCUT2D eigenvalue weighted by Gasteiger charge is -2.21. The van der Waals surface area contributed by atoms with Crippen LogP contribution < -0.4 is 0 Å². The molecule has 1 amide bonds. The van der Waals surface area contributed by atoms with E-state index in [0.29, 0.717) is 24.3 Å². The molecule has 118 valence electrons. The fraction of sp³-hybridized carbons (Fsp3) is 0.385. The highest BCUT2D eigenvalue weighted by Crippen LogP contribution is 2.32. The number of benzene rings is 1. The molecule has 1 saturated heterocycles. The number of carboxylic acid groups (broad SMARTS) is 1. The Balaban J connectivity index is 2.05. The van der Waals surface area contributed by atoms with Gasteiger partial charge in [-0.1, -0.05) is 11.6 Å². The minimum Gasteiger partial charge on any atom is -0.480 e. The van der Waals surface area contributed by atoms with E-state index in [4.69, 9.17) is 16.7 Å². The van der Waals surface area contributed by atoms with Gasteiger partial charge in [0.1, 0.15) is 6.04 Å². The van der Waals surface area contributed by atoms with Crippen molar-refractivity contribution in [3.8, 4) is 0 Å². The molecule has 0 aliphatic carbocycles. The van der Waals surface area contributed by atoms with Crippen LogP contribution in [-0.4, -0.2) is 45.1 Å². The van der Waals surface area contributed by atoms with Crippen molar-refractivity contribution in [3.63, 3.8) is 0 Å². The number of aliphatic carboxylic acids is 1. The van der Waals surface area contributed by atoms with Crippen LogP contribution in [0.1, 0.15) is 12.8 Å². The molecular formula is C13H13ClN2O5S. The summed E-state index contributed by atoms with van der Waals surface area (Å²) < 4.78 is 0. The van der Waals surface area contributed by atoms with Gasteiger partial charge in [-0.3, -0.25) is 14.9 Å². The summed E-state index contributed by atoms with van der Waals surface area (Å²) >= 11 is 6.74. The fourth-order valence-electron chi connectivity index (χ4n) is 2.30. The van der Waals surface area contributed by atoms with Crippen LogP contribution in [-0.2, 0) is 9.59 Å². The number of thioether (sulfide) groups is 1. The first-order valence-corrected chi connectivity index (χ1v) is 7.85. The molecule has 22 heavy (non-hydrogen) atoms. The molecule has 2 rings (SSSR count). The number of nitro groups is 1. The maximum absolute atomic E-state index is 12.1. The molecule has 0 saturated carbocycles. The van der Waals surface area contributed by atoms with Crippen molar-refractivity contribution in [1.82, 2.24) is 4.90 Å². The van der Waals surface area contributed by atoms with Gasteiger partial charge in [-0.25, -0.2) is 4.79 Å². The zero-order valence-corrected chi connectivity index (χ0v) is 13.0. The van der Waals surface area contributed by atoms with Gasteiger partial charge in [-0.2, -0.15) is 0 Å². The number of hydrogen-bond donors (Lipinski definition) is 1. The molecule has 0 aromatic heterocycles. The molecule has 7 nitrogen and oxygen atoms in total. The predicted molar refractivity (Wildman–Crippen MR) is 81.2 cm³/mol. The summed E-state index contributed by atoms with van der Waals surface area (Å²) in [5.41, 5.74) is -0.165. The van der Waals surface area contributed by atoms with Gasteiger partial charge in [-0.05, 0) is 25.0 Å². The van der Waals surface area contributed by atoms with E-state index >= 15 is 0 Å². The van der Waals surface area contributed by atoms with E-state index in [1.54, 1.807) is 0 Å². The molecule has 0 unspecified atom stereocenters. The Labute approximate surface area is 135 Å². The summed E-state index contributed by atoms with van der Waals surface area (Å²) in [5.74, 6) is -1.40. The van der Waals surface area contributed by atoms with Gasteiger partial charge in [0.2, 0.25) is 5.91 Å². The van der Waals surface area contributed by atoms with Crippen LogP contribution >= 0.6 is 23.4 Å². The summed E-state index contributed by atoms with van der Waals surface area (Å²) in [5, 5.41) is 20.3. The van der Waals surface area contributed by atoms with E-state index in [1.807, 2.05) is 0 Å². The van der Waals surface area contributed by atoms with Crippen LogP contribution in [0.15, 0.2) is 23.1 Å². The predicted octanol–water partition coefficient (Wildman–Crippen LogP) is 2.42. The van der Waals surface area contributed by atoms with Crippen molar-refractivity contribution in [3.05, 3.63) is 33.3 Å². The van der Waals surface area contributed by atoms with E-state index in [1.165, 1.54) is 23.1 Å². The molecule has 0 spiro atoms. The normalized spacial score (nSPS) is 17.5. The van der Waals surface area contributed by atoms with Gasteiger partial charge < -0.3 is 10.0 Å². The van der Waals surface area contributed by atoms with E-state index in [9.17, 15) is 19.7 Å². The van der Waals surface area contributed by atoms with Crippen LogP contribution in [0, 0.1) is 10.1 Å². The lowest BCUT2D eigenvalue weighted by atomic mass is 10.2. The van der Waals surface area contributed by atoms with Gasteiger partial charge >= 0.3 is 5.97 Å². The summed E-state index contributed by atoms with van der Waals surface area (Å²) in [7, 11) is 0. The van der Waals surface area contributed by atoms with E-state index < -0.39 is 16.9 Å². The Hall–Kier alpha value is -1.80. The highest BCUT2D eigenvalue weighted by Gasteiger charge is 2.33. The van der Waals surface area contributed by atoms with Gasteiger partial charge in [-0.15, -0.1) is 11.8 Å². The minimum absolute atomic E-state index is 0.0494. The Kier molecular flexibility index (Phi) is 5.25. The van der Waals surface area contributed by atoms with Crippen LogP contribution in [0.25, 0.3) is 0 Å². The number of carbonyl (C=O) groups is 2. The smallest absolute Gasteiger partial charge is 0.326 e. The number of nitro benzene ring substituents is 1. The third-order valence-corrected chi connectivity index (χ3v) is 4.61. The number of carboxylic acids is 1. The SMILES string of the molecule is O=C(O)[C@H]1CCCN1C(=O)CSc1ccc(Cl)cc1[N+](=O)[O-]. The van der Waals surface area contributed by atoms with Crippen LogP contribution in [0.2, 0.25) is 5.02 Å². The number of amides is 1. The summed E-state index contributed by atoms with van der Waals surface area (Å²) in [6, 6.07) is 3.42. The highest BCUT2D eigenvalue weighted by molar-refractivity contribution is 8.00. The van der Waals surface area contributed by atoms with Crippen molar-refractivity contribution in [1.29, 1.82) is 0 Å². The van der Waals surface area contributed by atoms with Gasteiger partial charge in [0, 0.05) is 17.6 Å². The van der Waals surface area contributed by atoms with E-state index in [2.05, 4.69) is 0 Å². The quantitative estimate of drug-likeness (QED) is 0.500. The molecule has 9 heteroatoms. The summed E-state index contributed by atoms with van der Waals surface area (Å²) in [6.07, 6.45) is 1.08. The lowest BCUT2D eigenvalue weighted by molar-refractivity contribution is -0.387. The standard InChI is InChI=1S/C13H13ClN2O5S/c14-8-3-4-11(10(6-8)16(20)21)22-7-12(17)15-5-1-2-9(15)13(18)19/h3-4,6,9H,1-2,5,7H2,(H,18,19)/t9-/m1/s1. The van der Waals surface area contributed by atoms with Crippen LogP contribution in [0.3, 0.4) is 0 Å². The summed E-state index contributed by atoms with van der Waals surface area (Å²) in [6.45, 7) is 0.402. The maximum atomic E-state index is 12.1. The van der Waals surface area contributed by atoms with Crippen molar-refractivity contribution in [2.75, 3.05) is 12.3 Å². The van der Waals surface area contributed by atoms with Crippen molar-refractivity contribution >= 4 is 40.9 Å². The molecule has 1 fully saturated rings. The van der Waals surface area contributed by atoms with Crippen LogP contribution in [0.4, 0.5) is 5.69 Å². The zero-order chi connectivity index (χ0) is 16.3. The summed E-state index contributed by atoms with van der Waals surface area (Å²) in [4.78, 5) is 35.3. The molecule has 1 aliphatic heterocycles. The lowest BCUT2D eigenvalue weighted by Crippen LogP contribution is -2.41. The molecule has 0 radical (unpaired) electrons. The maximum Gasteiger partial charge on any atom is 0.326 e. The third-order valence-electron chi connectivity index (χ3n) is 3.33. The highest BCUT2D eigenvalue weighted by atomic mass is 35.5. The molecule has 1 aromatic rings. The Morgan fingerprint density at radius 2 is 2.23 bits per heavy atom. The van der Waals surface area contributed by atoms with Crippen molar-refractivity contribution in [2.45, 2.75) is 23.8 Å². The van der Waals surface area contributed by atoms with Gasteiger partial charge in [0.15, 0.2) is 0 Å². The van der Waals surface area contributed by atoms with Crippen molar-refractivity contribution < 1.29 is 19.6 Å².